The molecule has 0 heterocycles. The van der Waals surface area contributed by atoms with Crippen molar-refractivity contribution in [2.24, 2.45) is 0 Å². The molecule has 2 aromatic rings. The Balaban J connectivity index is 1.79. The number of carbonyl (C=O) groups is 2. The van der Waals surface area contributed by atoms with E-state index in [1.165, 1.54) is 43.5 Å². The van der Waals surface area contributed by atoms with Gasteiger partial charge in [-0.3, -0.25) is 9.59 Å². The Morgan fingerprint density at radius 1 is 1.11 bits per heavy atom. The molecule has 0 bridgehead atoms. The minimum absolute atomic E-state index is 0.0523. The molecular formula is C18H16F3NO5. The van der Waals surface area contributed by atoms with Gasteiger partial charge in [0.1, 0.15) is 5.75 Å². The van der Waals surface area contributed by atoms with Crippen LogP contribution in [0.1, 0.15) is 5.56 Å². The monoisotopic (exact) mass is 383 g/mol. The van der Waals surface area contributed by atoms with Gasteiger partial charge < -0.3 is 19.5 Å². The van der Waals surface area contributed by atoms with Crippen molar-refractivity contribution in [3.8, 4) is 11.5 Å². The summed E-state index contributed by atoms with van der Waals surface area (Å²) in [6, 6.07) is 9.26. The second-order valence-corrected chi connectivity index (χ2v) is 5.26. The third kappa shape index (κ3) is 6.53. The molecule has 9 heteroatoms. The number of methoxy groups -OCH3 is 1. The van der Waals surface area contributed by atoms with E-state index in [1.54, 1.807) is 0 Å². The zero-order chi connectivity index (χ0) is 19.8. The summed E-state index contributed by atoms with van der Waals surface area (Å²) in [5.74, 6) is -1.94. The lowest BCUT2D eigenvalue weighted by Crippen LogP contribution is -2.21. The highest BCUT2D eigenvalue weighted by atomic mass is 19.3. The number of alkyl halides is 2. The van der Waals surface area contributed by atoms with Crippen LogP contribution in [0, 0.1) is 5.82 Å². The lowest BCUT2D eigenvalue weighted by atomic mass is 10.1. The zero-order valence-corrected chi connectivity index (χ0v) is 14.2. The number of anilines is 1. The molecule has 0 aliphatic rings. The predicted octanol–water partition coefficient (Wildman–Crippen LogP) is 3.16. The number of esters is 1. The fraction of sp³-hybridized carbons (Fsp3) is 0.222. The Morgan fingerprint density at radius 3 is 2.41 bits per heavy atom. The maximum absolute atomic E-state index is 13.6. The number of nitrogens with one attached hydrogen (secondary N) is 1. The second-order valence-electron chi connectivity index (χ2n) is 5.26. The van der Waals surface area contributed by atoms with Crippen molar-refractivity contribution >= 4 is 17.6 Å². The fourth-order valence-electron chi connectivity index (χ4n) is 2.10. The number of ether oxygens (including phenoxy) is 3. The van der Waals surface area contributed by atoms with Crippen LogP contribution in [0.15, 0.2) is 42.5 Å². The fourth-order valence-corrected chi connectivity index (χ4v) is 2.10. The van der Waals surface area contributed by atoms with Gasteiger partial charge in [0.15, 0.2) is 18.2 Å². The van der Waals surface area contributed by atoms with Crippen molar-refractivity contribution in [1.29, 1.82) is 0 Å². The van der Waals surface area contributed by atoms with E-state index in [1.807, 2.05) is 0 Å². The first-order valence-electron chi connectivity index (χ1n) is 7.70. The predicted molar refractivity (Wildman–Crippen MR) is 89.3 cm³/mol. The second kappa shape index (κ2) is 9.46. The summed E-state index contributed by atoms with van der Waals surface area (Å²) < 4.78 is 51.5. The highest BCUT2D eigenvalue weighted by Crippen LogP contribution is 2.19. The number of hydrogen-bond donors (Lipinski definition) is 1. The number of benzene rings is 2. The molecule has 1 N–H and O–H groups in total. The van der Waals surface area contributed by atoms with Crippen LogP contribution >= 0.6 is 0 Å². The SMILES string of the molecule is COc1ccc(CC(=O)OCC(=O)Nc2ccc(OC(F)F)cc2)cc1F. The van der Waals surface area contributed by atoms with Crippen molar-refractivity contribution in [3.05, 3.63) is 53.8 Å². The molecule has 2 aromatic carbocycles. The van der Waals surface area contributed by atoms with Crippen LogP contribution in [0.2, 0.25) is 0 Å². The Morgan fingerprint density at radius 2 is 1.81 bits per heavy atom. The van der Waals surface area contributed by atoms with Gasteiger partial charge in [0.25, 0.3) is 5.91 Å². The van der Waals surface area contributed by atoms with Gasteiger partial charge in [0.2, 0.25) is 0 Å². The normalized spacial score (nSPS) is 10.4. The minimum Gasteiger partial charge on any atom is -0.494 e. The summed E-state index contributed by atoms with van der Waals surface area (Å²) in [5, 5.41) is 2.43. The molecule has 144 valence electrons. The summed E-state index contributed by atoms with van der Waals surface area (Å²) in [6.45, 7) is -3.49. The molecule has 27 heavy (non-hydrogen) atoms. The van der Waals surface area contributed by atoms with Gasteiger partial charge in [-0.25, -0.2) is 4.39 Å². The van der Waals surface area contributed by atoms with E-state index < -0.39 is 30.9 Å². The number of amides is 1. The highest BCUT2D eigenvalue weighted by molar-refractivity contribution is 5.92. The van der Waals surface area contributed by atoms with Crippen molar-refractivity contribution in [1.82, 2.24) is 0 Å². The summed E-state index contributed by atoms with van der Waals surface area (Å²) in [5.41, 5.74) is 0.684. The molecule has 0 fully saturated rings. The standard InChI is InChI=1S/C18H16F3NO5/c1-25-15-7-2-11(8-14(15)19)9-17(24)26-10-16(23)22-12-3-5-13(6-4-12)27-18(20)21/h2-8,18H,9-10H2,1H3,(H,22,23). The maximum atomic E-state index is 13.6. The van der Waals surface area contributed by atoms with Crippen LogP contribution in [0.3, 0.4) is 0 Å². The average Bonchev–Trinajstić information content (AvgIpc) is 2.61. The average molecular weight is 383 g/mol. The maximum Gasteiger partial charge on any atom is 0.387 e. The van der Waals surface area contributed by atoms with E-state index >= 15 is 0 Å². The van der Waals surface area contributed by atoms with Gasteiger partial charge in [-0.1, -0.05) is 6.07 Å². The molecule has 1 amide bonds. The Bertz CT molecular complexity index is 796. The molecule has 6 nitrogen and oxygen atoms in total. The first kappa shape index (κ1) is 20.1. The third-order valence-electron chi connectivity index (χ3n) is 3.29. The van der Waals surface area contributed by atoms with Crippen LogP contribution in [0.4, 0.5) is 18.9 Å². The molecule has 0 saturated heterocycles. The molecule has 0 radical (unpaired) electrons. The largest absolute Gasteiger partial charge is 0.494 e. The van der Waals surface area contributed by atoms with Crippen molar-refractivity contribution in [3.63, 3.8) is 0 Å². The van der Waals surface area contributed by atoms with E-state index in [9.17, 15) is 22.8 Å². The summed E-state index contributed by atoms with van der Waals surface area (Å²) in [7, 11) is 1.32. The quantitative estimate of drug-likeness (QED) is 0.709. The minimum atomic E-state index is -2.94. The summed E-state index contributed by atoms with van der Waals surface area (Å²) >= 11 is 0. The molecule has 2 rings (SSSR count). The van der Waals surface area contributed by atoms with Crippen LogP contribution in [-0.4, -0.2) is 32.2 Å². The number of rotatable bonds is 8. The molecule has 0 unspecified atom stereocenters. The number of hydrogen-bond acceptors (Lipinski definition) is 5. The molecule has 0 aromatic heterocycles. The van der Waals surface area contributed by atoms with E-state index in [-0.39, 0.29) is 17.9 Å². The summed E-state index contributed by atoms with van der Waals surface area (Å²) in [6.07, 6.45) is -0.214. The van der Waals surface area contributed by atoms with E-state index in [0.717, 1.165) is 6.07 Å². The van der Waals surface area contributed by atoms with E-state index in [4.69, 9.17) is 9.47 Å². The van der Waals surface area contributed by atoms with Gasteiger partial charge in [-0.2, -0.15) is 8.78 Å². The smallest absolute Gasteiger partial charge is 0.387 e. The van der Waals surface area contributed by atoms with Crippen LogP contribution in [-0.2, 0) is 20.7 Å². The number of halogens is 3. The molecule has 0 atom stereocenters. The van der Waals surface area contributed by atoms with Gasteiger partial charge in [0.05, 0.1) is 13.5 Å². The Kier molecular flexibility index (Phi) is 7.04. The Hall–Kier alpha value is -3.23. The summed E-state index contributed by atoms with van der Waals surface area (Å²) in [4.78, 5) is 23.5. The van der Waals surface area contributed by atoms with E-state index in [0.29, 0.717) is 11.3 Å². The number of carbonyl (C=O) groups excluding carboxylic acids is 2. The molecule has 0 spiro atoms. The van der Waals surface area contributed by atoms with Gasteiger partial charge in [0, 0.05) is 5.69 Å². The van der Waals surface area contributed by atoms with Gasteiger partial charge >= 0.3 is 12.6 Å². The van der Waals surface area contributed by atoms with Crippen molar-refractivity contribution < 1.29 is 37.0 Å². The van der Waals surface area contributed by atoms with Gasteiger partial charge in [-0.15, -0.1) is 0 Å². The zero-order valence-electron chi connectivity index (χ0n) is 14.2. The topological polar surface area (TPSA) is 73.9 Å². The first-order valence-corrected chi connectivity index (χ1v) is 7.70. The van der Waals surface area contributed by atoms with Crippen molar-refractivity contribution in [2.45, 2.75) is 13.0 Å². The van der Waals surface area contributed by atoms with Crippen LogP contribution < -0.4 is 14.8 Å². The highest BCUT2D eigenvalue weighted by Gasteiger charge is 2.11. The molecule has 0 aliphatic carbocycles. The molecule has 0 aliphatic heterocycles. The van der Waals surface area contributed by atoms with E-state index in [2.05, 4.69) is 10.1 Å². The third-order valence-corrected chi connectivity index (χ3v) is 3.29. The molecule has 0 saturated carbocycles. The lowest BCUT2D eigenvalue weighted by molar-refractivity contribution is -0.146. The van der Waals surface area contributed by atoms with Crippen LogP contribution in [0.5, 0.6) is 11.5 Å². The lowest BCUT2D eigenvalue weighted by Gasteiger charge is -2.08. The van der Waals surface area contributed by atoms with Gasteiger partial charge in [-0.05, 0) is 42.0 Å². The van der Waals surface area contributed by atoms with Crippen molar-refractivity contribution in [2.75, 3.05) is 19.0 Å². The first-order chi connectivity index (χ1) is 12.9. The molecular weight excluding hydrogens is 367 g/mol. The van der Waals surface area contributed by atoms with Crippen LogP contribution in [0.25, 0.3) is 0 Å². The Labute approximate surface area is 152 Å².